The molecule has 1 aliphatic carbocycles. The van der Waals surface area contributed by atoms with Gasteiger partial charge in [-0.1, -0.05) is 5.21 Å². The van der Waals surface area contributed by atoms with Gasteiger partial charge in [-0.05, 0) is 56.2 Å². The SMILES string of the molecule is CCOC(=O)c1c(CS(=O)(=O)c2ccc(F)cc2)n(C2CC2)c2ccc(O)c(Cn3ccnn3)c12. The zero-order valence-corrected chi connectivity index (χ0v) is 19.7. The molecule has 35 heavy (non-hydrogen) atoms. The number of benzene rings is 2. The van der Waals surface area contributed by atoms with Crippen LogP contribution in [-0.4, -0.2) is 45.7 Å². The molecule has 0 atom stereocenters. The maximum Gasteiger partial charge on any atom is 0.340 e. The molecule has 182 valence electrons. The molecule has 1 N–H and O–H groups in total. The molecule has 0 amide bonds. The lowest BCUT2D eigenvalue weighted by Crippen LogP contribution is -2.15. The number of aromatic hydroxyl groups is 1. The van der Waals surface area contributed by atoms with Gasteiger partial charge in [0.1, 0.15) is 11.6 Å². The van der Waals surface area contributed by atoms with E-state index in [2.05, 4.69) is 10.3 Å². The molecule has 2 heterocycles. The highest BCUT2D eigenvalue weighted by Gasteiger charge is 2.36. The molecular formula is C24H23FN4O5S. The van der Waals surface area contributed by atoms with Gasteiger partial charge < -0.3 is 14.4 Å². The number of sulfone groups is 1. The number of carbonyl (C=O) groups is 1. The topological polar surface area (TPSA) is 116 Å². The zero-order chi connectivity index (χ0) is 24.7. The van der Waals surface area contributed by atoms with Crippen molar-refractivity contribution in [1.82, 2.24) is 19.6 Å². The number of phenolic OH excluding ortho intramolecular Hbond substituents is 1. The standard InChI is InChI=1S/C24H23FN4O5S/c1-2-34-24(31)23-20(14-35(32,33)17-7-3-15(25)4-8-17)29(16-5-6-16)19-9-10-21(30)18(22(19)23)13-28-12-11-26-27-28/h3-4,7-12,16,30H,2,5-6,13-14H2,1H3. The minimum absolute atomic E-state index is 0.0165. The number of phenols is 1. The van der Waals surface area contributed by atoms with Crippen LogP contribution in [0.4, 0.5) is 4.39 Å². The van der Waals surface area contributed by atoms with Crippen molar-refractivity contribution in [3.05, 3.63) is 71.4 Å². The van der Waals surface area contributed by atoms with Crippen LogP contribution in [-0.2, 0) is 26.9 Å². The van der Waals surface area contributed by atoms with Gasteiger partial charge in [-0.25, -0.2) is 22.3 Å². The molecular weight excluding hydrogens is 475 g/mol. The van der Waals surface area contributed by atoms with Gasteiger partial charge in [0, 0.05) is 28.9 Å². The maximum absolute atomic E-state index is 13.4. The molecule has 0 bridgehead atoms. The Morgan fingerprint density at radius 3 is 2.57 bits per heavy atom. The summed E-state index contributed by atoms with van der Waals surface area (Å²) in [5.74, 6) is -1.76. The Morgan fingerprint density at radius 2 is 1.94 bits per heavy atom. The summed E-state index contributed by atoms with van der Waals surface area (Å²) in [5, 5.41) is 18.9. The number of hydrogen-bond donors (Lipinski definition) is 1. The number of aromatic nitrogens is 4. The second-order valence-electron chi connectivity index (χ2n) is 8.41. The summed E-state index contributed by atoms with van der Waals surface area (Å²) in [6.45, 7) is 1.88. The van der Waals surface area contributed by atoms with Gasteiger partial charge in [0.25, 0.3) is 0 Å². The van der Waals surface area contributed by atoms with E-state index in [1.54, 1.807) is 19.2 Å². The third-order valence-corrected chi connectivity index (χ3v) is 7.68. The van der Waals surface area contributed by atoms with Crippen molar-refractivity contribution in [3.63, 3.8) is 0 Å². The fourth-order valence-electron chi connectivity index (χ4n) is 4.37. The molecule has 1 saturated carbocycles. The van der Waals surface area contributed by atoms with Gasteiger partial charge >= 0.3 is 5.97 Å². The van der Waals surface area contributed by atoms with E-state index in [0.717, 1.165) is 25.0 Å². The number of fused-ring (bicyclic) bond motifs is 1. The number of rotatable bonds is 8. The second kappa shape index (κ2) is 8.81. The predicted molar refractivity (Wildman–Crippen MR) is 124 cm³/mol. The largest absolute Gasteiger partial charge is 0.508 e. The van der Waals surface area contributed by atoms with Gasteiger partial charge in [-0.15, -0.1) is 5.10 Å². The molecule has 1 fully saturated rings. The average Bonchev–Trinajstić information content (AvgIpc) is 3.41. The molecule has 9 nitrogen and oxygen atoms in total. The molecule has 4 aromatic rings. The minimum Gasteiger partial charge on any atom is -0.508 e. The molecule has 2 aromatic carbocycles. The Balaban J connectivity index is 1.76. The van der Waals surface area contributed by atoms with Crippen molar-refractivity contribution in [2.24, 2.45) is 0 Å². The Bertz CT molecular complexity index is 1510. The summed E-state index contributed by atoms with van der Waals surface area (Å²) in [6.07, 6.45) is 4.78. The lowest BCUT2D eigenvalue weighted by atomic mass is 10.0. The van der Waals surface area contributed by atoms with Crippen LogP contribution in [0, 0.1) is 5.82 Å². The summed E-state index contributed by atoms with van der Waals surface area (Å²) in [6, 6.07) is 7.82. The van der Waals surface area contributed by atoms with Gasteiger partial charge in [0.15, 0.2) is 9.84 Å². The molecule has 0 aliphatic heterocycles. The van der Waals surface area contributed by atoms with Gasteiger partial charge in [-0.2, -0.15) is 0 Å². The minimum atomic E-state index is -3.94. The van der Waals surface area contributed by atoms with Crippen molar-refractivity contribution in [2.75, 3.05) is 6.61 Å². The quantitative estimate of drug-likeness (QED) is 0.291. The number of carbonyl (C=O) groups excluding carboxylic acids is 1. The molecule has 0 unspecified atom stereocenters. The second-order valence-corrected chi connectivity index (χ2v) is 10.4. The normalized spacial score (nSPS) is 13.9. The van der Waals surface area contributed by atoms with E-state index >= 15 is 0 Å². The summed E-state index contributed by atoms with van der Waals surface area (Å²) in [4.78, 5) is 13.2. The van der Waals surface area contributed by atoms with E-state index in [1.165, 1.54) is 29.1 Å². The smallest absolute Gasteiger partial charge is 0.340 e. The zero-order valence-electron chi connectivity index (χ0n) is 18.9. The van der Waals surface area contributed by atoms with Crippen LogP contribution < -0.4 is 0 Å². The van der Waals surface area contributed by atoms with Crippen molar-refractivity contribution >= 4 is 26.7 Å². The molecule has 11 heteroatoms. The van der Waals surface area contributed by atoms with Crippen LogP contribution in [0.15, 0.2) is 53.7 Å². The monoisotopic (exact) mass is 498 g/mol. The Hall–Kier alpha value is -3.73. The van der Waals surface area contributed by atoms with Crippen LogP contribution in [0.2, 0.25) is 0 Å². The first-order valence-electron chi connectivity index (χ1n) is 11.2. The van der Waals surface area contributed by atoms with E-state index in [4.69, 9.17) is 4.74 Å². The number of halogens is 1. The van der Waals surface area contributed by atoms with E-state index in [1.807, 2.05) is 4.57 Å². The molecule has 2 aromatic heterocycles. The third-order valence-electron chi connectivity index (χ3n) is 6.04. The summed E-state index contributed by atoms with van der Waals surface area (Å²) in [7, 11) is -3.94. The van der Waals surface area contributed by atoms with Crippen LogP contribution in [0.3, 0.4) is 0 Å². The summed E-state index contributed by atoms with van der Waals surface area (Å²) in [5.41, 5.74) is 1.44. The highest BCUT2D eigenvalue weighted by atomic mass is 32.2. The highest BCUT2D eigenvalue weighted by molar-refractivity contribution is 7.90. The lowest BCUT2D eigenvalue weighted by Gasteiger charge is -2.12. The first kappa shape index (κ1) is 23.0. The number of hydrogen-bond acceptors (Lipinski definition) is 7. The number of ether oxygens (including phenoxy) is 1. The lowest BCUT2D eigenvalue weighted by molar-refractivity contribution is 0.0527. The van der Waals surface area contributed by atoms with Gasteiger partial charge in [0.05, 0.1) is 41.1 Å². The number of nitrogens with zero attached hydrogens (tertiary/aromatic N) is 4. The molecule has 1 aliphatic rings. The van der Waals surface area contributed by atoms with Crippen molar-refractivity contribution in [1.29, 1.82) is 0 Å². The Labute approximate surface area is 200 Å². The predicted octanol–water partition coefficient (Wildman–Crippen LogP) is 3.61. The van der Waals surface area contributed by atoms with E-state index in [-0.39, 0.29) is 41.1 Å². The summed E-state index contributed by atoms with van der Waals surface area (Å²) >= 11 is 0. The average molecular weight is 499 g/mol. The van der Waals surface area contributed by atoms with Crippen LogP contribution in [0.1, 0.15) is 47.4 Å². The maximum atomic E-state index is 13.4. The van der Waals surface area contributed by atoms with E-state index in [0.29, 0.717) is 16.5 Å². The van der Waals surface area contributed by atoms with Crippen LogP contribution in [0.5, 0.6) is 5.75 Å². The summed E-state index contributed by atoms with van der Waals surface area (Å²) < 4.78 is 48.9. The van der Waals surface area contributed by atoms with Crippen molar-refractivity contribution in [3.8, 4) is 5.75 Å². The van der Waals surface area contributed by atoms with Crippen LogP contribution >= 0.6 is 0 Å². The Morgan fingerprint density at radius 1 is 1.20 bits per heavy atom. The van der Waals surface area contributed by atoms with Crippen LogP contribution in [0.25, 0.3) is 10.9 Å². The highest BCUT2D eigenvalue weighted by Crippen LogP contribution is 2.44. The number of esters is 1. The molecule has 5 rings (SSSR count). The Kier molecular flexibility index (Phi) is 5.79. The first-order valence-corrected chi connectivity index (χ1v) is 12.8. The van der Waals surface area contributed by atoms with E-state index in [9.17, 15) is 22.7 Å². The fourth-order valence-corrected chi connectivity index (χ4v) is 5.73. The van der Waals surface area contributed by atoms with Crippen molar-refractivity contribution in [2.45, 2.75) is 43.0 Å². The van der Waals surface area contributed by atoms with Gasteiger partial charge in [-0.3, -0.25) is 0 Å². The van der Waals surface area contributed by atoms with Gasteiger partial charge in [0.2, 0.25) is 0 Å². The third kappa shape index (κ3) is 4.27. The van der Waals surface area contributed by atoms with E-state index < -0.39 is 27.4 Å². The fraction of sp³-hybridized carbons (Fsp3) is 0.292. The molecule has 0 saturated heterocycles. The molecule has 0 radical (unpaired) electrons. The van der Waals surface area contributed by atoms with Crippen molar-refractivity contribution < 1.29 is 27.4 Å². The first-order chi connectivity index (χ1) is 16.8. The molecule has 0 spiro atoms.